The molecule has 4 aromatic carbocycles. The quantitative estimate of drug-likeness (QED) is 0.163. The zero-order valence-electron chi connectivity index (χ0n) is 20.6. The predicted octanol–water partition coefficient (Wildman–Crippen LogP) is 7.73. The Morgan fingerprint density at radius 2 is 1.17 bits per heavy atom. The Morgan fingerprint density at radius 3 is 1.81 bits per heavy atom. The van der Waals surface area contributed by atoms with E-state index in [1.807, 2.05) is 23.4 Å². The minimum absolute atomic E-state index is 1.04. The second-order valence-corrected chi connectivity index (χ2v) is 9.61. The lowest BCUT2D eigenvalue weighted by molar-refractivity contribution is 0.634. The molecule has 6 rings (SSSR count). The highest BCUT2D eigenvalue weighted by molar-refractivity contribution is 5.84. The first-order valence-corrected chi connectivity index (χ1v) is 13.0. The van der Waals surface area contributed by atoms with Crippen LogP contribution in [0.1, 0.15) is 40.7 Å². The molecule has 0 spiro atoms. The molecule has 0 fully saturated rings. The van der Waals surface area contributed by atoms with Crippen molar-refractivity contribution < 1.29 is 0 Å². The van der Waals surface area contributed by atoms with Crippen LogP contribution in [0.15, 0.2) is 102 Å². The second-order valence-electron chi connectivity index (χ2n) is 9.61. The van der Waals surface area contributed by atoms with E-state index >= 15 is 0 Å². The van der Waals surface area contributed by atoms with Crippen LogP contribution in [0, 0.1) is 0 Å². The average Bonchev–Trinajstić information content (AvgIpc) is 2.94. The van der Waals surface area contributed by atoms with Crippen LogP contribution in [0.3, 0.4) is 0 Å². The van der Waals surface area contributed by atoms with Crippen LogP contribution in [-0.4, -0.2) is 19.3 Å². The van der Waals surface area contributed by atoms with Gasteiger partial charge in [0.2, 0.25) is 0 Å². The van der Waals surface area contributed by atoms with Crippen LogP contribution >= 0.6 is 0 Å². The highest BCUT2D eigenvalue weighted by Crippen LogP contribution is 2.36. The van der Waals surface area contributed by atoms with E-state index in [1.165, 1.54) is 66.7 Å². The van der Waals surface area contributed by atoms with Gasteiger partial charge in [-0.2, -0.15) is 5.10 Å². The van der Waals surface area contributed by atoms with Crippen molar-refractivity contribution in [2.75, 3.05) is 23.0 Å². The minimum atomic E-state index is 1.04. The zero-order chi connectivity index (χ0) is 24.2. The van der Waals surface area contributed by atoms with Gasteiger partial charge in [0.25, 0.3) is 0 Å². The van der Waals surface area contributed by atoms with Gasteiger partial charge in [-0.15, -0.1) is 0 Å². The van der Waals surface area contributed by atoms with E-state index < -0.39 is 0 Å². The molecule has 4 aromatic rings. The van der Waals surface area contributed by atoms with Crippen LogP contribution < -0.4 is 9.91 Å². The molecule has 0 bridgehead atoms. The number of hydrogen-bond acceptors (Lipinski definition) is 3. The van der Waals surface area contributed by atoms with Crippen molar-refractivity contribution in [1.82, 2.24) is 0 Å². The fourth-order valence-corrected chi connectivity index (χ4v) is 5.36. The molecule has 2 aliphatic heterocycles. The second kappa shape index (κ2) is 10.2. The van der Waals surface area contributed by atoms with Crippen LogP contribution in [0.25, 0.3) is 12.2 Å². The summed E-state index contributed by atoms with van der Waals surface area (Å²) in [6.45, 7) is 2.40. The van der Waals surface area contributed by atoms with Gasteiger partial charge in [0.15, 0.2) is 0 Å². The summed E-state index contributed by atoms with van der Waals surface area (Å²) >= 11 is 0. The zero-order valence-corrected chi connectivity index (χ0v) is 20.6. The molecule has 0 aromatic heterocycles. The third-order valence-electron chi connectivity index (χ3n) is 7.08. The van der Waals surface area contributed by atoms with E-state index in [0.717, 1.165) is 16.9 Å². The summed E-state index contributed by atoms with van der Waals surface area (Å²) in [4.78, 5) is 2.59. The van der Waals surface area contributed by atoms with E-state index in [-0.39, 0.29) is 0 Å². The largest absolute Gasteiger partial charge is 0.371 e. The van der Waals surface area contributed by atoms with Crippen molar-refractivity contribution in [3.8, 4) is 0 Å². The molecule has 178 valence electrons. The molecule has 0 atom stereocenters. The maximum absolute atomic E-state index is 5.00. The number of para-hydroxylation sites is 1. The van der Waals surface area contributed by atoms with Crippen LogP contribution in [0.5, 0.6) is 0 Å². The molecule has 3 nitrogen and oxygen atoms in total. The Kier molecular flexibility index (Phi) is 6.37. The molecule has 2 heterocycles. The highest BCUT2D eigenvalue weighted by atomic mass is 15.5. The first-order chi connectivity index (χ1) is 17.8. The summed E-state index contributed by atoms with van der Waals surface area (Å²) in [5.41, 5.74) is 10.1. The molecule has 0 N–H and O–H groups in total. The van der Waals surface area contributed by atoms with Gasteiger partial charge in [-0.3, -0.25) is 0 Å². The molecular weight excluding hydrogens is 438 g/mol. The molecular formula is C33H31N3. The lowest BCUT2D eigenvalue weighted by Gasteiger charge is -2.37. The van der Waals surface area contributed by atoms with E-state index in [9.17, 15) is 0 Å². The Hall–Kier alpha value is -4.11. The van der Waals surface area contributed by atoms with Crippen molar-refractivity contribution >= 4 is 35.4 Å². The van der Waals surface area contributed by atoms with E-state index in [1.54, 1.807) is 0 Å². The molecule has 0 radical (unpaired) electrons. The maximum atomic E-state index is 5.00. The van der Waals surface area contributed by atoms with E-state index in [2.05, 4.69) is 102 Å². The number of hydrazone groups is 1. The molecule has 0 saturated heterocycles. The normalized spacial score (nSPS) is 14.8. The molecule has 0 aliphatic carbocycles. The number of hydrogen-bond donors (Lipinski definition) is 0. The van der Waals surface area contributed by atoms with Gasteiger partial charge >= 0.3 is 0 Å². The van der Waals surface area contributed by atoms with Crippen molar-refractivity contribution in [3.63, 3.8) is 0 Å². The summed E-state index contributed by atoms with van der Waals surface area (Å²) in [5, 5.41) is 7.03. The van der Waals surface area contributed by atoms with Gasteiger partial charge in [0, 0.05) is 18.8 Å². The van der Waals surface area contributed by atoms with Crippen LogP contribution in [0.4, 0.5) is 17.1 Å². The topological polar surface area (TPSA) is 18.8 Å². The van der Waals surface area contributed by atoms with Gasteiger partial charge in [-0.1, -0.05) is 72.8 Å². The van der Waals surface area contributed by atoms with Gasteiger partial charge in [0.05, 0.1) is 17.6 Å². The summed E-state index contributed by atoms with van der Waals surface area (Å²) in [7, 11) is 0. The summed E-state index contributed by atoms with van der Waals surface area (Å²) < 4.78 is 0. The molecule has 0 saturated carbocycles. The molecule has 0 unspecified atom stereocenters. The number of rotatable bonds is 6. The first kappa shape index (κ1) is 22.4. The van der Waals surface area contributed by atoms with Gasteiger partial charge in [0.1, 0.15) is 0 Å². The first-order valence-electron chi connectivity index (χ1n) is 13.0. The van der Waals surface area contributed by atoms with E-state index in [0.29, 0.717) is 0 Å². The summed E-state index contributed by atoms with van der Waals surface area (Å²) in [5.74, 6) is 0. The van der Waals surface area contributed by atoms with Crippen LogP contribution in [-0.2, 0) is 12.8 Å². The highest BCUT2D eigenvalue weighted by Gasteiger charge is 2.24. The summed E-state index contributed by atoms with van der Waals surface area (Å²) in [6, 6.07) is 34.1. The molecule has 2 aliphatic rings. The maximum Gasteiger partial charge on any atom is 0.0653 e. The number of benzene rings is 4. The van der Waals surface area contributed by atoms with Crippen LogP contribution in [0.2, 0.25) is 0 Å². The number of aryl methyl sites for hydroxylation is 2. The molecule has 0 amide bonds. The average molecular weight is 470 g/mol. The van der Waals surface area contributed by atoms with Crippen molar-refractivity contribution in [2.24, 2.45) is 5.10 Å². The minimum Gasteiger partial charge on any atom is -0.371 e. The smallest absolute Gasteiger partial charge is 0.0653 e. The Balaban J connectivity index is 1.29. The predicted molar refractivity (Wildman–Crippen MR) is 153 cm³/mol. The van der Waals surface area contributed by atoms with Crippen molar-refractivity contribution in [3.05, 3.63) is 125 Å². The number of nitrogens with zero attached hydrogens (tertiary/aromatic N) is 3. The number of anilines is 3. The fraction of sp³-hybridized carbons (Fsp3) is 0.182. The molecule has 3 heteroatoms. The van der Waals surface area contributed by atoms with E-state index in [4.69, 9.17) is 5.10 Å². The third-order valence-corrected chi connectivity index (χ3v) is 7.08. The fourth-order valence-electron chi connectivity index (χ4n) is 5.36. The SMILES string of the molecule is C(=C\c1ccc(N(/N=C/c2cc3c4c(c2)CCCN4CCC3)c2ccccc2)cc1)/c1ccccc1. The Labute approximate surface area is 214 Å². The Bertz CT molecular complexity index is 1340. The standard InChI is InChI=1S/C33H31N3/c1-3-9-26(10-4-1)15-16-27-17-19-32(20-18-27)36(31-13-5-2-6-14-31)34-25-28-23-29-11-7-21-35-22-8-12-30(24-28)33(29)35/h1-6,9-10,13-20,23-25H,7-8,11-12,21-22H2/b16-15+,34-25+. The lowest BCUT2D eigenvalue weighted by atomic mass is 9.90. The lowest BCUT2D eigenvalue weighted by Crippen LogP contribution is -2.34. The summed E-state index contributed by atoms with van der Waals surface area (Å²) in [6.07, 6.45) is 11.1. The Morgan fingerprint density at radius 1 is 0.611 bits per heavy atom. The van der Waals surface area contributed by atoms with Gasteiger partial charge in [-0.25, -0.2) is 5.01 Å². The van der Waals surface area contributed by atoms with Crippen molar-refractivity contribution in [2.45, 2.75) is 25.7 Å². The molecule has 36 heavy (non-hydrogen) atoms. The van der Waals surface area contributed by atoms with Gasteiger partial charge in [-0.05, 0) is 89.9 Å². The third kappa shape index (κ3) is 4.83. The van der Waals surface area contributed by atoms with Gasteiger partial charge < -0.3 is 4.90 Å². The van der Waals surface area contributed by atoms with Crippen molar-refractivity contribution in [1.29, 1.82) is 0 Å². The monoisotopic (exact) mass is 469 g/mol.